The molecule has 0 fully saturated rings. The van der Waals surface area contributed by atoms with E-state index < -0.39 is 0 Å². The number of hydrogen-bond donors (Lipinski definition) is 2. The molecule has 0 radical (unpaired) electrons. The zero-order valence-corrected chi connectivity index (χ0v) is 10.6. The summed E-state index contributed by atoms with van der Waals surface area (Å²) in [5.74, 6) is 0.606. The second-order valence-electron chi connectivity index (χ2n) is 3.68. The first-order valence-electron chi connectivity index (χ1n) is 6.05. The van der Waals surface area contributed by atoms with Crippen molar-refractivity contribution in [3.63, 3.8) is 0 Å². The average molecular weight is 252 g/mol. The summed E-state index contributed by atoms with van der Waals surface area (Å²) in [7, 11) is 0. The fourth-order valence-corrected chi connectivity index (χ4v) is 1.36. The Morgan fingerprint density at radius 1 is 1.33 bits per heavy atom. The van der Waals surface area contributed by atoms with Gasteiger partial charge in [-0.05, 0) is 19.1 Å². The van der Waals surface area contributed by atoms with Gasteiger partial charge in [-0.1, -0.05) is 12.1 Å². The minimum Gasteiger partial charge on any atom is -0.490 e. The van der Waals surface area contributed by atoms with Crippen LogP contribution in [0.3, 0.4) is 0 Å². The maximum Gasteiger partial charge on any atom is 0.222 e. The molecule has 0 bridgehead atoms. The molecule has 0 aliphatic heterocycles. The first kappa shape index (κ1) is 14.3. The van der Waals surface area contributed by atoms with Crippen LogP contribution in [0.25, 0.3) is 0 Å². The second-order valence-corrected chi connectivity index (χ2v) is 3.68. The van der Waals surface area contributed by atoms with Crippen LogP contribution in [-0.4, -0.2) is 32.3 Å². The molecule has 1 rings (SSSR count). The summed E-state index contributed by atoms with van der Waals surface area (Å²) in [6.07, 6.45) is 0.376. The van der Waals surface area contributed by atoms with E-state index in [1.807, 2.05) is 19.1 Å². The van der Waals surface area contributed by atoms with E-state index in [9.17, 15) is 4.79 Å². The number of nitrogens with one attached hydrogen (secondary N) is 1. The van der Waals surface area contributed by atoms with Crippen molar-refractivity contribution in [3.8, 4) is 5.75 Å². The molecule has 3 N–H and O–H groups in total. The van der Waals surface area contributed by atoms with Gasteiger partial charge in [0.05, 0.1) is 18.8 Å². The Hall–Kier alpha value is -1.75. The summed E-state index contributed by atoms with van der Waals surface area (Å²) >= 11 is 0. The van der Waals surface area contributed by atoms with Gasteiger partial charge >= 0.3 is 0 Å². The van der Waals surface area contributed by atoms with Gasteiger partial charge in [-0.25, -0.2) is 0 Å². The Kier molecular flexibility index (Phi) is 6.64. The number of anilines is 1. The molecular weight excluding hydrogens is 232 g/mol. The highest BCUT2D eigenvalue weighted by molar-refractivity contribution is 5.75. The summed E-state index contributed by atoms with van der Waals surface area (Å²) in [4.78, 5) is 11.3. The van der Waals surface area contributed by atoms with Crippen molar-refractivity contribution in [2.75, 3.05) is 32.1 Å². The van der Waals surface area contributed by atoms with Crippen molar-refractivity contribution in [2.24, 2.45) is 0 Å². The molecule has 0 spiro atoms. The summed E-state index contributed by atoms with van der Waals surface area (Å²) in [6, 6.07) is 7.27. The van der Waals surface area contributed by atoms with Gasteiger partial charge in [0.1, 0.15) is 12.4 Å². The summed E-state index contributed by atoms with van der Waals surface area (Å²) in [6.45, 7) is 3.84. The van der Waals surface area contributed by atoms with E-state index in [1.165, 1.54) is 0 Å². The molecule has 5 nitrogen and oxygen atoms in total. The zero-order chi connectivity index (χ0) is 13.2. The monoisotopic (exact) mass is 252 g/mol. The quantitative estimate of drug-likeness (QED) is 0.538. The number of nitrogen functional groups attached to an aromatic ring is 1. The van der Waals surface area contributed by atoms with Gasteiger partial charge in [0, 0.05) is 13.0 Å². The smallest absolute Gasteiger partial charge is 0.222 e. The SMILES string of the molecule is CCOCCC(=O)NCCOc1ccccc1N. The molecule has 0 aromatic heterocycles. The third-order valence-electron chi connectivity index (χ3n) is 2.28. The second kappa shape index (κ2) is 8.36. The van der Waals surface area contributed by atoms with Crippen molar-refractivity contribution in [1.29, 1.82) is 0 Å². The third kappa shape index (κ3) is 5.54. The van der Waals surface area contributed by atoms with E-state index in [0.717, 1.165) is 0 Å². The van der Waals surface area contributed by atoms with Crippen molar-refractivity contribution >= 4 is 11.6 Å². The lowest BCUT2D eigenvalue weighted by atomic mass is 10.3. The molecule has 18 heavy (non-hydrogen) atoms. The van der Waals surface area contributed by atoms with E-state index in [4.69, 9.17) is 15.2 Å². The molecule has 0 aliphatic carbocycles. The lowest BCUT2D eigenvalue weighted by Gasteiger charge is -2.09. The van der Waals surface area contributed by atoms with Crippen LogP contribution in [0.2, 0.25) is 0 Å². The number of ether oxygens (including phenoxy) is 2. The fourth-order valence-electron chi connectivity index (χ4n) is 1.36. The number of rotatable bonds is 8. The van der Waals surface area contributed by atoms with Gasteiger partial charge in [-0.15, -0.1) is 0 Å². The molecule has 1 aromatic carbocycles. The van der Waals surface area contributed by atoms with Crippen LogP contribution in [0.4, 0.5) is 5.69 Å². The Morgan fingerprint density at radius 2 is 2.11 bits per heavy atom. The van der Waals surface area contributed by atoms with E-state index >= 15 is 0 Å². The number of hydrogen-bond acceptors (Lipinski definition) is 4. The Balaban J connectivity index is 2.12. The zero-order valence-electron chi connectivity index (χ0n) is 10.6. The van der Waals surface area contributed by atoms with Crippen LogP contribution in [0.5, 0.6) is 5.75 Å². The maximum atomic E-state index is 11.3. The van der Waals surface area contributed by atoms with Gasteiger partial charge in [0.15, 0.2) is 0 Å². The predicted octanol–water partition coefficient (Wildman–Crippen LogP) is 1.19. The van der Waals surface area contributed by atoms with Crippen LogP contribution < -0.4 is 15.8 Å². The van der Waals surface area contributed by atoms with Crippen molar-refractivity contribution in [2.45, 2.75) is 13.3 Å². The highest BCUT2D eigenvalue weighted by Gasteiger charge is 2.01. The Bertz CT molecular complexity index is 369. The molecule has 1 aromatic rings. The molecule has 5 heteroatoms. The Morgan fingerprint density at radius 3 is 2.83 bits per heavy atom. The first-order valence-corrected chi connectivity index (χ1v) is 6.05. The highest BCUT2D eigenvalue weighted by atomic mass is 16.5. The first-order chi connectivity index (χ1) is 8.74. The fraction of sp³-hybridized carbons (Fsp3) is 0.462. The van der Waals surface area contributed by atoms with Gasteiger partial charge in [-0.2, -0.15) is 0 Å². The highest BCUT2D eigenvalue weighted by Crippen LogP contribution is 2.19. The van der Waals surface area contributed by atoms with Gasteiger partial charge in [0.2, 0.25) is 5.91 Å². The van der Waals surface area contributed by atoms with Crippen LogP contribution >= 0.6 is 0 Å². The molecule has 1 amide bonds. The number of benzene rings is 1. The minimum absolute atomic E-state index is 0.0342. The number of carbonyl (C=O) groups excluding carboxylic acids is 1. The lowest BCUT2D eigenvalue weighted by Crippen LogP contribution is -2.28. The van der Waals surface area contributed by atoms with Gasteiger partial charge < -0.3 is 20.5 Å². The standard InChI is InChI=1S/C13H20N2O3/c1-2-17-9-7-13(16)15-8-10-18-12-6-4-3-5-11(12)14/h3-6H,2,7-10,14H2,1H3,(H,15,16). The van der Waals surface area contributed by atoms with E-state index in [-0.39, 0.29) is 5.91 Å². The summed E-state index contributed by atoms with van der Waals surface area (Å²) < 4.78 is 10.5. The molecule has 0 heterocycles. The predicted molar refractivity (Wildman–Crippen MR) is 70.5 cm³/mol. The summed E-state index contributed by atoms with van der Waals surface area (Å²) in [5.41, 5.74) is 6.31. The number of para-hydroxylation sites is 2. The van der Waals surface area contributed by atoms with Crippen LogP contribution in [-0.2, 0) is 9.53 Å². The van der Waals surface area contributed by atoms with E-state index in [2.05, 4.69) is 5.32 Å². The normalized spacial score (nSPS) is 10.1. The molecule has 0 aliphatic rings. The van der Waals surface area contributed by atoms with E-state index in [0.29, 0.717) is 44.2 Å². The third-order valence-corrected chi connectivity index (χ3v) is 2.28. The average Bonchev–Trinajstić information content (AvgIpc) is 2.37. The molecule has 0 saturated carbocycles. The largest absolute Gasteiger partial charge is 0.490 e. The molecule has 0 saturated heterocycles. The molecule has 0 atom stereocenters. The van der Waals surface area contributed by atoms with E-state index in [1.54, 1.807) is 12.1 Å². The Labute approximate surface area is 107 Å². The maximum absolute atomic E-state index is 11.3. The molecule has 100 valence electrons. The van der Waals surface area contributed by atoms with Crippen molar-refractivity contribution in [1.82, 2.24) is 5.32 Å². The van der Waals surface area contributed by atoms with Crippen LogP contribution in [0.1, 0.15) is 13.3 Å². The minimum atomic E-state index is -0.0342. The van der Waals surface area contributed by atoms with Crippen molar-refractivity contribution in [3.05, 3.63) is 24.3 Å². The number of nitrogens with two attached hydrogens (primary N) is 1. The lowest BCUT2D eigenvalue weighted by molar-refractivity contribution is -0.122. The van der Waals surface area contributed by atoms with Crippen molar-refractivity contribution < 1.29 is 14.3 Å². The molecule has 0 unspecified atom stereocenters. The summed E-state index contributed by atoms with van der Waals surface area (Å²) in [5, 5.41) is 2.75. The van der Waals surface area contributed by atoms with Gasteiger partial charge in [0.25, 0.3) is 0 Å². The number of carbonyl (C=O) groups is 1. The van der Waals surface area contributed by atoms with Crippen LogP contribution in [0.15, 0.2) is 24.3 Å². The number of amides is 1. The topological polar surface area (TPSA) is 73.6 Å². The van der Waals surface area contributed by atoms with Crippen LogP contribution in [0, 0.1) is 0 Å². The van der Waals surface area contributed by atoms with Gasteiger partial charge in [-0.3, -0.25) is 4.79 Å². The molecular formula is C13H20N2O3.